The third-order valence-corrected chi connectivity index (χ3v) is 2.29. The summed E-state index contributed by atoms with van der Waals surface area (Å²) in [5.41, 5.74) is 2.21. The smallest absolute Gasteiger partial charge is 0.319 e. The quantitative estimate of drug-likeness (QED) is 0.694. The summed E-state index contributed by atoms with van der Waals surface area (Å²) < 4.78 is 0. The summed E-state index contributed by atoms with van der Waals surface area (Å²) in [7, 11) is 0. The highest BCUT2D eigenvalue weighted by Crippen LogP contribution is 2.21. The maximum Gasteiger partial charge on any atom is 0.319 e. The largest absolute Gasteiger partial charge is 0.327 e. The molecular formula is C11H12N2O. The van der Waals surface area contributed by atoms with Gasteiger partial charge in [-0.1, -0.05) is 30.3 Å². The summed E-state index contributed by atoms with van der Waals surface area (Å²) in [6, 6.07) is 9.77. The fourth-order valence-electron chi connectivity index (χ4n) is 1.54. The molecule has 2 rings (SSSR count). The van der Waals surface area contributed by atoms with Crippen molar-refractivity contribution in [3.8, 4) is 0 Å². The predicted octanol–water partition coefficient (Wildman–Crippen LogP) is 1.94. The molecule has 1 aromatic carbocycles. The molecule has 0 saturated carbocycles. The molecule has 72 valence electrons. The van der Waals surface area contributed by atoms with Crippen molar-refractivity contribution < 1.29 is 4.79 Å². The Bertz CT molecular complexity index is 370. The van der Waals surface area contributed by atoms with E-state index in [2.05, 4.69) is 10.6 Å². The van der Waals surface area contributed by atoms with Crippen molar-refractivity contribution in [3.05, 3.63) is 47.7 Å². The van der Waals surface area contributed by atoms with Crippen molar-refractivity contribution in [1.82, 2.24) is 10.6 Å². The van der Waals surface area contributed by atoms with E-state index < -0.39 is 0 Å². The predicted molar refractivity (Wildman–Crippen MR) is 54.6 cm³/mol. The van der Waals surface area contributed by atoms with Crippen LogP contribution in [0.25, 0.3) is 0 Å². The van der Waals surface area contributed by atoms with E-state index >= 15 is 0 Å². The van der Waals surface area contributed by atoms with Crippen molar-refractivity contribution in [2.45, 2.75) is 13.0 Å². The number of benzene rings is 1. The number of rotatable bonds is 1. The molecule has 0 unspecified atom stereocenters. The lowest BCUT2D eigenvalue weighted by molar-refractivity contribution is 0.240. The SMILES string of the molecule is CC1=CNC(=O)N[C@@H]1c1ccccc1. The maximum atomic E-state index is 11.1. The zero-order valence-electron chi connectivity index (χ0n) is 7.95. The van der Waals surface area contributed by atoms with Gasteiger partial charge in [-0.2, -0.15) is 0 Å². The number of urea groups is 1. The summed E-state index contributed by atoms with van der Waals surface area (Å²) in [6.07, 6.45) is 1.75. The number of carbonyl (C=O) groups excluding carboxylic acids is 1. The van der Waals surface area contributed by atoms with Crippen LogP contribution < -0.4 is 10.6 Å². The molecule has 0 fully saturated rings. The molecule has 1 heterocycles. The van der Waals surface area contributed by atoms with Crippen LogP contribution in [0.1, 0.15) is 18.5 Å². The normalized spacial score (nSPS) is 20.8. The van der Waals surface area contributed by atoms with E-state index in [0.29, 0.717) is 0 Å². The third-order valence-electron chi connectivity index (χ3n) is 2.29. The van der Waals surface area contributed by atoms with E-state index in [1.165, 1.54) is 0 Å². The van der Waals surface area contributed by atoms with E-state index in [1.807, 2.05) is 37.3 Å². The van der Waals surface area contributed by atoms with Crippen LogP contribution in [-0.4, -0.2) is 6.03 Å². The van der Waals surface area contributed by atoms with Crippen LogP contribution in [0.4, 0.5) is 4.79 Å². The van der Waals surface area contributed by atoms with E-state index in [0.717, 1.165) is 11.1 Å². The highest BCUT2D eigenvalue weighted by Gasteiger charge is 2.19. The van der Waals surface area contributed by atoms with Gasteiger partial charge in [0, 0.05) is 6.20 Å². The molecule has 0 saturated heterocycles. The summed E-state index contributed by atoms with van der Waals surface area (Å²) in [4.78, 5) is 11.1. The first-order valence-corrected chi connectivity index (χ1v) is 4.56. The van der Waals surface area contributed by atoms with Crippen molar-refractivity contribution in [2.24, 2.45) is 0 Å². The molecule has 1 atom stereocenters. The van der Waals surface area contributed by atoms with Gasteiger partial charge in [-0.3, -0.25) is 0 Å². The van der Waals surface area contributed by atoms with Crippen molar-refractivity contribution >= 4 is 6.03 Å². The van der Waals surface area contributed by atoms with E-state index in [1.54, 1.807) is 6.20 Å². The van der Waals surface area contributed by atoms with Gasteiger partial charge in [0.25, 0.3) is 0 Å². The number of amides is 2. The van der Waals surface area contributed by atoms with Crippen LogP contribution in [0, 0.1) is 0 Å². The third kappa shape index (κ3) is 1.62. The molecule has 1 aromatic rings. The second kappa shape index (κ2) is 3.54. The topological polar surface area (TPSA) is 41.1 Å². The summed E-state index contributed by atoms with van der Waals surface area (Å²) in [6.45, 7) is 1.99. The molecule has 0 aliphatic carbocycles. The van der Waals surface area contributed by atoms with Crippen molar-refractivity contribution in [3.63, 3.8) is 0 Å². The maximum absolute atomic E-state index is 11.1. The van der Waals surface area contributed by atoms with Crippen LogP contribution in [0.15, 0.2) is 42.1 Å². The first-order chi connectivity index (χ1) is 6.77. The highest BCUT2D eigenvalue weighted by atomic mass is 16.2. The van der Waals surface area contributed by atoms with Gasteiger partial charge < -0.3 is 10.6 Å². The van der Waals surface area contributed by atoms with Gasteiger partial charge in [0.05, 0.1) is 6.04 Å². The van der Waals surface area contributed by atoms with Crippen LogP contribution in [0.2, 0.25) is 0 Å². The minimum atomic E-state index is -0.149. The average molecular weight is 188 g/mol. The van der Waals surface area contributed by atoms with Gasteiger partial charge >= 0.3 is 6.03 Å². The van der Waals surface area contributed by atoms with Gasteiger partial charge in [0.15, 0.2) is 0 Å². The molecule has 3 heteroatoms. The van der Waals surface area contributed by atoms with Crippen LogP contribution >= 0.6 is 0 Å². The van der Waals surface area contributed by atoms with Crippen molar-refractivity contribution in [2.75, 3.05) is 0 Å². The molecule has 0 aromatic heterocycles. The molecule has 0 radical (unpaired) electrons. The molecule has 1 aliphatic rings. The monoisotopic (exact) mass is 188 g/mol. The molecule has 2 amide bonds. The standard InChI is InChI=1S/C11H12N2O/c1-8-7-12-11(14)13-10(8)9-5-3-2-4-6-9/h2-7,10H,1H3,(H2,12,13,14)/t10-/m0/s1. The van der Waals surface area contributed by atoms with Gasteiger partial charge in [-0.05, 0) is 18.1 Å². The fraction of sp³-hybridized carbons (Fsp3) is 0.182. The Hall–Kier alpha value is -1.77. The number of hydrogen-bond acceptors (Lipinski definition) is 1. The Labute approximate surface area is 82.8 Å². The van der Waals surface area contributed by atoms with Gasteiger partial charge in [-0.15, -0.1) is 0 Å². The Kier molecular flexibility index (Phi) is 2.23. The van der Waals surface area contributed by atoms with Crippen LogP contribution in [0.5, 0.6) is 0 Å². The summed E-state index contributed by atoms with van der Waals surface area (Å²) >= 11 is 0. The van der Waals surface area contributed by atoms with Gasteiger partial charge in [0.1, 0.15) is 0 Å². The zero-order chi connectivity index (χ0) is 9.97. The Balaban J connectivity index is 2.30. The average Bonchev–Trinajstić information content (AvgIpc) is 2.23. The molecule has 0 bridgehead atoms. The van der Waals surface area contributed by atoms with E-state index in [4.69, 9.17) is 0 Å². The zero-order valence-corrected chi connectivity index (χ0v) is 7.95. The van der Waals surface area contributed by atoms with Crippen molar-refractivity contribution in [1.29, 1.82) is 0 Å². The second-order valence-electron chi connectivity index (χ2n) is 3.35. The number of carbonyl (C=O) groups is 1. The minimum absolute atomic E-state index is 0.00458. The lowest BCUT2D eigenvalue weighted by atomic mass is 10.00. The Morgan fingerprint density at radius 2 is 1.93 bits per heavy atom. The van der Waals surface area contributed by atoms with Gasteiger partial charge in [0.2, 0.25) is 0 Å². The Morgan fingerprint density at radius 3 is 2.64 bits per heavy atom. The molecule has 1 aliphatic heterocycles. The van der Waals surface area contributed by atoms with E-state index in [-0.39, 0.29) is 12.1 Å². The first-order valence-electron chi connectivity index (χ1n) is 4.56. The molecular weight excluding hydrogens is 176 g/mol. The van der Waals surface area contributed by atoms with Gasteiger partial charge in [-0.25, -0.2) is 4.79 Å². The molecule has 0 spiro atoms. The summed E-state index contributed by atoms with van der Waals surface area (Å²) in [5.74, 6) is 0. The van der Waals surface area contributed by atoms with E-state index in [9.17, 15) is 4.79 Å². The lowest BCUT2D eigenvalue weighted by Crippen LogP contribution is -2.40. The Morgan fingerprint density at radius 1 is 1.21 bits per heavy atom. The second-order valence-corrected chi connectivity index (χ2v) is 3.35. The summed E-state index contributed by atoms with van der Waals surface area (Å²) in [5, 5.41) is 5.48. The van der Waals surface area contributed by atoms with Crippen LogP contribution in [0.3, 0.4) is 0 Å². The lowest BCUT2D eigenvalue weighted by Gasteiger charge is -2.24. The van der Waals surface area contributed by atoms with Crippen LogP contribution in [-0.2, 0) is 0 Å². The minimum Gasteiger partial charge on any atom is -0.327 e. The highest BCUT2D eigenvalue weighted by molar-refractivity contribution is 5.77. The molecule has 2 N–H and O–H groups in total. The number of hydrogen-bond donors (Lipinski definition) is 2. The number of nitrogens with one attached hydrogen (secondary N) is 2. The fourth-order valence-corrected chi connectivity index (χ4v) is 1.54. The first kappa shape index (κ1) is 8.81. The molecule has 14 heavy (non-hydrogen) atoms. The molecule has 3 nitrogen and oxygen atoms in total.